The van der Waals surface area contributed by atoms with Gasteiger partial charge in [0.15, 0.2) is 0 Å². The van der Waals surface area contributed by atoms with Gasteiger partial charge in [0.1, 0.15) is 5.76 Å². The largest absolute Gasteiger partial charge is 0.467 e. The van der Waals surface area contributed by atoms with Crippen molar-refractivity contribution in [3.05, 3.63) is 59.5 Å². The summed E-state index contributed by atoms with van der Waals surface area (Å²) in [5, 5.41) is 5.25. The molecule has 2 rings (SSSR count). The molecule has 0 aliphatic heterocycles. The van der Waals surface area contributed by atoms with Gasteiger partial charge in [0.05, 0.1) is 19.4 Å². The van der Waals surface area contributed by atoms with Crippen molar-refractivity contribution in [3.63, 3.8) is 0 Å². The Balaban J connectivity index is 1.76. The summed E-state index contributed by atoms with van der Waals surface area (Å²) in [5.74, 6) is 0.153. The Morgan fingerprint density at radius 1 is 1.10 bits per heavy atom. The molecule has 0 bridgehead atoms. The highest BCUT2D eigenvalue weighted by Gasteiger charge is 2.08. The molecule has 1 aromatic heterocycles. The average Bonchev–Trinajstić information content (AvgIpc) is 3.04. The van der Waals surface area contributed by atoms with Crippen molar-refractivity contribution in [2.24, 2.45) is 0 Å². The Hall–Kier alpha value is -2.56. The number of nitrogens with one attached hydrogen (secondary N) is 2. The highest BCUT2D eigenvalue weighted by molar-refractivity contribution is 5.96. The van der Waals surface area contributed by atoms with E-state index in [1.54, 1.807) is 30.5 Å². The topological polar surface area (TPSA) is 71.3 Å². The summed E-state index contributed by atoms with van der Waals surface area (Å²) in [5.41, 5.74) is 1.72. The van der Waals surface area contributed by atoms with Crippen molar-refractivity contribution in [2.45, 2.75) is 19.9 Å². The Bertz CT molecular complexity index is 588. The fourth-order valence-electron chi connectivity index (χ4n) is 1.82. The molecule has 0 fully saturated rings. The molecule has 0 unspecified atom stereocenters. The summed E-state index contributed by atoms with van der Waals surface area (Å²) in [6.45, 7) is 2.31. The maximum absolute atomic E-state index is 11.9. The number of rotatable bonds is 6. The lowest BCUT2D eigenvalue weighted by molar-refractivity contribution is -0.120. The molecule has 0 saturated heterocycles. The maximum atomic E-state index is 11.9. The number of hydrogen-bond acceptors (Lipinski definition) is 3. The summed E-state index contributed by atoms with van der Waals surface area (Å²) in [4.78, 5) is 23.5. The van der Waals surface area contributed by atoms with Crippen LogP contribution in [0.25, 0.3) is 0 Å². The Morgan fingerprint density at radius 2 is 1.86 bits per heavy atom. The van der Waals surface area contributed by atoms with Gasteiger partial charge >= 0.3 is 0 Å². The number of aryl methyl sites for hydroxylation is 1. The van der Waals surface area contributed by atoms with Crippen LogP contribution in [0.4, 0.5) is 0 Å². The fourth-order valence-corrected chi connectivity index (χ4v) is 1.82. The number of benzene rings is 1. The molecule has 0 aliphatic carbocycles. The van der Waals surface area contributed by atoms with Crippen LogP contribution in [0, 0.1) is 0 Å². The van der Waals surface area contributed by atoms with Crippen LogP contribution < -0.4 is 10.6 Å². The van der Waals surface area contributed by atoms with Crippen LogP contribution in [0.5, 0.6) is 0 Å². The van der Waals surface area contributed by atoms with Gasteiger partial charge in [-0.2, -0.15) is 0 Å². The molecule has 0 radical (unpaired) electrons. The lowest BCUT2D eigenvalue weighted by Gasteiger charge is -2.06. The Morgan fingerprint density at radius 3 is 2.48 bits per heavy atom. The number of amides is 2. The van der Waals surface area contributed by atoms with E-state index in [0.29, 0.717) is 17.9 Å². The van der Waals surface area contributed by atoms with E-state index in [-0.39, 0.29) is 18.4 Å². The first kappa shape index (κ1) is 14.8. The summed E-state index contributed by atoms with van der Waals surface area (Å²) >= 11 is 0. The lowest BCUT2D eigenvalue weighted by Crippen LogP contribution is -2.36. The summed E-state index contributed by atoms with van der Waals surface area (Å²) < 4.78 is 5.10. The first-order chi connectivity index (χ1) is 10.2. The number of carbonyl (C=O) groups is 2. The molecule has 2 N–H and O–H groups in total. The van der Waals surface area contributed by atoms with E-state index < -0.39 is 0 Å². The highest BCUT2D eigenvalue weighted by atomic mass is 16.3. The second-order valence-electron chi connectivity index (χ2n) is 4.59. The van der Waals surface area contributed by atoms with Gasteiger partial charge in [0.25, 0.3) is 5.91 Å². The van der Waals surface area contributed by atoms with Gasteiger partial charge in [-0.15, -0.1) is 0 Å². The quantitative estimate of drug-likeness (QED) is 0.852. The van der Waals surface area contributed by atoms with Crippen molar-refractivity contribution in [3.8, 4) is 0 Å². The Kier molecular flexibility index (Phi) is 5.15. The Labute approximate surface area is 123 Å². The number of hydrogen-bond donors (Lipinski definition) is 2. The molecule has 110 valence electrons. The maximum Gasteiger partial charge on any atom is 0.251 e. The van der Waals surface area contributed by atoms with Crippen LogP contribution in [0.1, 0.15) is 28.6 Å². The third-order valence-electron chi connectivity index (χ3n) is 3.07. The van der Waals surface area contributed by atoms with Gasteiger partial charge in [-0.1, -0.05) is 19.1 Å². The summed E-state index contributed by atoms with van der Waals surface area (Å²) in [7, 11) is 0. The van der Waals surface area contributed by atoms with Crippen LogP contribution in [-0.4, -0.2) is 18.4 Å². The van der Waals surface area contributed by atoms with Crippen molar-refractivity contribution < 1.29 is 14.0 Å². The molecular formula is C16H18N2O3. The average molecular weight is 286 g/mol. The zero-order chi connectivity index (χ0) is 15.1. The van der Waals surface area contributed by atoms with Gasteiger partial charge in [-0.25, -0.2) is 0 Å². The minimum absolute atomic E-state index is 0.0604. The standard InChI is InChI=1S/C16H18N2O3/c1-2-12-5-7-13(8-6-12)16(20)18-11-15(19)17-10-14-4-3-9-21-14/h3-9H,2,10-11H2,1H3,(H,17,19)(H,18,20). The minimum Gasteiger partial charge on any atom is -0.467 e. The zero-order valence-electron chi connectivity index (χ0n) is 11.9. The van der Waals surface area contributed by atoms with Crippen molar-refractivity contribution in [2.75, 3.05) is 6.54 Å². The molecule has 5 nitrogen and oxygen atoms in total. The predicted octanol–water partition coefficient (Wildman–Crippen LogP) is 1.89. The van der Waals surface area contributed by atoms with Gasteiger partial charge in [0.2, 0.25) is 5.91 Å². The van der Waals surface area contributed by atoms with E-state index in [1.807, 2.05) is 12.1 Å². The second-order valence-corrected chi connectivity index (χ2v) is 4.59. The summed E-state index contributed by atoms with van der Waals surface area (Å²) in [6.07, 6.45) is 2.47. The monoisotopic (exact) mass is 286 g/mol. The highest BCUT2D eigenvalue weighted by Crippen LogP contribution is 2.04. The number of furan rings is 1. The first-order valence-corrected chi connectivity index (χ1v) is 6.85. The second kappa shape index (κ2) is 7.28. The van der Waals surface area contributed by atoms with Crippen LogP contribution in [-0.2, 0) is 17.8 Å². The third-order valence-corrected chi connectivity index (χ3v) is 3.07. The van der Waals surface area contributed by atoms with Gasteiger partial charge < -0.3 is 15.1 Å². The molecule has 1 heterocycles. The summed E-state index contributed by atoms with van der Waals surface area (Å²) in [6, 6.07) is 10.9. The van der Waals surface area contributed by atoms with Gasteiger partial charge in [-0.05, 0) is 36.2 Å². The molecule has 2 amide bonds. The minimum atomic E-state index is -0.259. The molecule has 2 aromatic rings. The predicted molar refractivity (Wildman–Crippen MR) is 78.7 cm³/mol. The van der Waals surface area contributed by atoms with Crippen molar-refractivity contribution >= 4 is 11.8 Å². The van der Waals surface area contributed by atoms with Crippen molar-refractivity contribution in [1.29, 1.82) is 0 Å². The molecule has 1 aromatic carbocycles. The lowest BCUT2D eigenvalue weighted by atomic mass is 10.1. The van der Waals surface area contributed by atoms with E-state index in [9.17, 15) is 9.59 Å². The normalized spacial score (nSPS) is 10.1. The van der Waals surface area contributed by atoms with Crippen LogP contribution in [0.3, 0.4) is 0 Å². The van der Waals surface area contributed by atoms with Crippen LogP contribution >= 0.6 is 0 Å². The molecule has 0 spiro atoms. The molecule has 5 heteroatoms. The van der Waals surface area contributed by atoms with Gasteiger partial charge in [-0.3, -0.25) is 9.59 Å². The third kappa shape index (κ3) is 4.49. The van der Waals surface area contributed by atoms with E-state index >= 15 is 0 Å². The van der Waals surface area contributed by atoms with Crippen LogP contribution in [0.2, 0.25) is 0 Å². The fraction of sp³-hybridized carbons (Fsp3) is 0.250. The van der Waals surface area contributed by atoms with E-state index in [4.69, 9.17) is 4.42 Å². The van der Waals surface area contributed by atoms with Crippen molar-refractivity contribution in [1.82, 2.24) is 10.6 Å². The molecule has 0 saturated carbocycles. The molecule has 0 atom stereocenters. The molecular weight excluding hydrogens is 268 g/mol. The molecule has 21 heavy (non-hydrogen) atoms. The SMILES string of the molecule is CCc1ccc(C(=O)NCC(=O)NCc2ccco2)cc1. The van der Waals surface area contributed by atoms with E-state index in [2.05, 4.69) is 17.6 Å². The molecule has 0 aliphatic rings. The zero-order valence-corrected chi connectivity index (χ0v) is 11.9. The van der Waals surface area contributed by atoms with Gasteiger partial charge in [0, 0.05) is 5.56 Å². The van der Waals surface area contributed by atoms with Crippen LogP contribution in [0.15, 0.2) is 47.1 Å². The smallest absolute Gasteiger partial charge is 0.251 e. The first-order valence-electron chi connectivity index (χ1n) is 6.85. The van der Waals surface area contributed by atoms with E-state index in [1.165, 1.54) is 5.56 Å². The number of carbonyl (C=O) groups excluding carboxylic acids is 2. The van der Waals surface area contributed by atoms with E-state index in [0.717, 1.165) is 6.42 Å².